The number of hydrogen-bond acceptors (Lipinski definition) is 2. The van der Waals surface area contributed by atoms with Crippen molar-refractivity contribution in [2.75, 3.05) is 13.1 Å². The van der Waals surface area contributed by atoms with Gasteiger partial charge in [-0.3, -0.25) is 0 Å². The van der Waals surface area contributed by atoms with Crippen LogP contribution in [0.5, 0.6) is 0 Å². The number of nitrogens with one attached hydrogen (secondary N) is 2. The van der Waals surface area contributed by atoms with E-state index in [1.807, 2.05) is 43.4 Å². The number of rotatable bonds is 11. The zero-order valence-electron chi connectivity index (χ0n) is 18.8. The van der Waals surface area contributed by atoms with Gasteiger partial charge in [0.05, 0.1) is 12.1 Å². The highest BCUT2D eigenvalue weighted by Gasteiger charge is 2.16. The second-order valence-corrected chi connectivity index (χ2v) is 7.65. The average molecular weight is 421 g/mol. The van der Waals surface area contributed by atoms with Crippen LogP contribution in [0.3, 0.4) is 0 Å². The highest BCUT2D eigenvalue weighted by molar-refractivity contribution is 5.37. The molecule has 0 bridgehead atoms. The topological polar surface area (TPSA) is 24.1 Å². The maximum atomic E-state index is 4.31. The maximum absolute atomic E-state index is 4.31. The lowest BCUT2D eigenvalue weighted by atomic mass is 9.96. The highest BCUT2D eigenvalue weighted by atomic mass is 15.0. The molecule has 2 unspecified atom stereocenters. The van der Waals surface area contributed by atoms with E-state index in [0.717, 1.165) is 25.1 Å². The van der Waals surface area contributed by atoms with Crippen LogP contribution in [0.1, 0.15) is 36.6 Å². The van der Waals surface area contributed by atoms with Gasteiger partial charge in [-0.1, -0.05) is 116 Å². The molecule has 2 heteroatoms. The molecule has 1 aliphatic carbocycles. The Morgan fingerprint density at radius 3 is 2.38 bits per heavy atom. The maximum Gasteiger partial charge on any atom is 0.0571 e. The third-order valence-corrected chi connectivity index (χ3v) is 5.33. The fourth-order valence-electron chi connectivity index (χ4n) is 3.73. The van der Waals surface area contributed by atoms with Crippen LogP contribution < -0.4 is 10.6 Å². The van der Waals surface area contributed by atoms with Crippen molar-refractivity contribution in [2.45, 2.75) is 25.4 Å². The van der Waals surface area contributed by atoms with Gasteiger partial charge in [-0.2, -0.15) is 0 Å². The summed E-state index contributed by atoms with van der Waals surface area (Å²) < 4.78 is 0. The molecule has 0 amide bonds. The van der Waals surface area contributed by atoms with Gasteiger partial charge in [0.15, 0.2) is 0 Å². The van der Waals surface area contributed by atoms with E-state index in [0.29, 0.717) is 0 Å². The first kappa shape index (κ1) is 23.3. The van der Waals surface area contributed by atoms with Gasteiger partial charge in [-0.05, 0) is 35.3 Å². The normalized spacial score (nSPS) is 15.1. The van der Waals surface area contributed by atoms with Crippen LogP contribution in [-0.2, 0) is 0 Å². The summed E-state index contributed by atoms with van der Waals surface area (Å²) in [4.78, 5) is 0. The highest BCUT2D eigenvalue weighted by Crippen LogP contribution is 2.25. The van der Waals surface area contributed by atoms with E-state index in [4.69, 9.17) is 0 Å². The molecule has 162 valence electrons. The smallest absolute Gasteiger partial charge is 0.0571 e. The van der Waals surface area contributed by atoms with Crippen LogP contribution >= 0.6 is 0 Å². The summed E-state index contributed by atoms with van der Waals surface area (Å²) in [5, 5.41) is 7.43. The number of benzene rings is 2. The summed E-state index contributed by atoms with van der Waals surface area (Å²) in [5.41, 5.74) is 4.81. The minimum absolute atomic E-state index is 0.0700. The van der Waals surface area contributed by atoms with Crippen molar-refractivity contribution in [3.05, 3.63) is 132 Å². The van der Waals surface area contributed by atoms with Crippen LogP contribution in [0.2, 0.25) is 0 Å². The molecule has 0 fully saturated rings. The fourth-order valence-corrected chi connectivity index (χ4v) is 3.73. The molecule has 0 spiro atoms. The van der Waals surface area contributed by atoms with Gasteiger partial charge < -0.3 is 10.6 Å². The predicted octanol–water partition coefficient (Wildman–Crippen LogP) is 6.23. The van der Waals surface area contributed by atoms with E-state index < -0.39 is 0 Å². The number of allylic oxidation sites excluding steroid dienone is 6. The van der Waals surface area contributed by atoms with Crippen LogP contribution in [0.25, 0.3) is 0 Å². The Labute approximate surface area is 193 Å². The molecular formula is C30H32N2. The Morgan fingerprint density at radius 1 is 0.969 bits per heavy atom. The molecule has 32 heavy (non-hydrogen) atoms. The van der Waals surface area contributed by atoms with Gasteiger partial charge in [0.2, 0.25) is 0 Å². The molecule has 2 aromatic carbocycles. The summed E-state index contributed by atoms with van der Waals surface area (Å²) in [6, 6.07) is 21.3. The zero-order chi connectivity index (χ0) is 22.4. The summed E-state index contributed by atoms with van der Waals surface area (Å²) >= 11 is 0. The van der Waals surface area contributed by atoms with Crippen molar-refractivity contribution < 1.29 is 0 Å². The van der Waals surface area contributed by atoms with E-state index >= 15 is 0 Å². The van der Waals surface area contributed by atoms with Gasteiger partial charge >= 0.3 is 0 Å². The van der Waals surface area contributed by atoms with E-state index in [-0.39, 0.29) is 12.1 Å². The predicted molar refractivity (Wildman–Crippen MR) is 137 cm³/mol. The van der Waals surface area contributed by atoms with Crippen LogP contribution in [0, 0.1) is 11.8 Å². The van der Waals surface area contributed by atoms with Crippen molar-refractivity contribution in [3.8, 4) is 11.8 Å². The van der Waals surface area contributed by atoms with Crippen molar-refractivity contribution >= 4 is 0 Å². The molecule has 0 aromatic heterocycles. The molecule has 2 aromatic rings. The molecule has 3 rings (SSSR count). The van der Waals surface area contributed by atoms with Crippen molar-refractivity contribution in [2.24, 2.45) is 0 Å². The zero-order valence-corrected chi connectivity index (χ0v) is 18.8. The lowest BCUT2D eigenvalue weighted by Gasteiger charge is -2.24. The SMILES string of the molecule is C=C(/C=C\C=C/C)C(NCCNC(C1=CC=CC#CC1)c1ccccc1)c1ccccc1. The van der Waals surface area contributed by atoms with E-state index in [9.17, 15) is 0 Å². The van der Waals surface area contributed by atoms with Gasteiger partial charge in [-0.25, -0.2) is 0 Å². The first-order valence-electron chi connectivity index (χ1n) is 11.2. The van der Waals surface area contributed by atoms with E-state index in [1.54, 1.807) is 0 Å². The number of hydrogen-bond donors (Lipinski definition) is 2. The van der Waals surface area contributed by atoms with Crippen molar-refractivity contribution in [1.82, 2.24) is 10.6 Å². The Bertz CT molecular complexity index is 1030. The quantitative estimate of drug-likeness (QED) is 0.256. The van der Waals surface area contributed by atoms with Crippen LogP contribution in [0.15, 0.2) is 121 Å². The Morgan fingerprint density at radius 2 is 1.66 bits per heavy atom. The standard InChI is InChI=1S/C30H32N2/c1-3-4-9-16-25(2)29(26-17-12-7-13-18-26)31-23-24-32-30(28-21-14-8-15-22-28)27-19-10-5-6-11-20-27/h3-5,7-10,12-19,21-22,29-32H,2,20,23-24H2,1H3/b4-3-,16-9-. The molecular weight excluding hydrogens is 388 g/mol. The molecule has 0 radical (unpaired) electrons. The second-order valence-electron chi connectivity index (χ2n) is 7.65. The minimum atomic E-state index is 0.0700. The lowest BCUT2D eigenvalue weighted by Crippen LogP contribution is -2.33. The van der Waals surface area contributed by atoms with E-state index in [1.165, 1.54) is 16.7 Å². The van der Waals surface area contributed by atoms with E-state index in [2.05, 4.69) is 95.8 Å². The monoisotopic (exact) mass is 420 g/mol. The third-order valence-electron chi connectivity index (χ3n) is 5.33. The average Bonchev–Trinajstić information content (AvgIpc) is 3.12. The molecule has 0 heterocycles. The summed E-state index contributed by atoms with van der Waals surface area (Å²) in [5.74, 6) is 6.31. The van der Waals surface area contributed by atoms with Gasteiger partial charge in [0.25, 0.3) is 0 Å². The summed E-state index contributed by atoms with van der Waals surface area (Å²) in [6.45, 7) is 7.96. The van der Waals surface area contributed by atoms with Gasteiger partial charge in [0.1, 0.15) is 0 Å². The molecule has 2 nitrogen and oxygen atoms in total. The first-order valence-corrected chi connectivity index (χ1v) is 11.2. The summed E-state index contributed by atoms with van der Waals surface area (Å²) in [6.07, 6.45) is 15.0. The third kappa shape index (κ3) is 7.10. The largest absolute Gasteiger partial charge is 0.305 e. The Kier molecular flexibility index (Phi) is 9.55. The Balaban J connectivity index is 1.67. The lowest BCUT2D eigenvalue weighted by molar-refractivity contribution is 0.531. The van der Waals surface area contributed by atoms with Crippen molar-refractivity contribution in [3.63, 3.8) is 0 Å². The van der Waals surface area contributed by atoms with Gasteiger partial charge in [-0.15, -0.1) is 0 Å². The minimum Gasteiger partial charge on any atom is -0.305 e. The fraction of sp³-hybridized carbons (Fsp3) is 0.200. The molecule has 0 saturated carbocycles. The first-order chi connectivity index (χ1) is 15.8. The van der Waals surface area contributed by atoms with Gasteiger partial charge in [0, 0.05) is 19.5 Å². The molecule has 2 atom stereocenters. The molecule has 0 aliphatic heterocycles. The van der Waals surface area contributed by atoms with Crippen LogP contribution in [-0.4, -0.2) is 13.1 Å². The summed E-state index contributed by atoms with van der Waals surface area (Å²) in [7, 11) is 0. The second kappa shape index (κ2) is 13.1. The molecule has 2 N–H and O–H groups in total. The molecule has 1 aliphatic rings. The van der Waals surface area contributed by atoms with Crippen LogP contribution in [0.4, 0.5) is 0 Å². The Hall–Kier alpha value is -3.38. The molecule has 0 saturated heterocycles. The van der Waals surface area contributed by atoms with Crippen molar-refractivity contribution in [1.29, 1.82) is 0 Å².